The summed E-state index contributed by atoms with van der Waals surface area (Å²) in [7, 11) is 1.71. The molecule has 5 heteroatoms. The molecule has 1 N–H and O–H groups in total. The van der Waals surface area contributed by atoms with Gasteiger partial charge >= 0.3 is 0 Å². The minimum absolute atomic E-state index is 0.176. The van der Waals surface area contributed by atoms with Gasteiger partial charge in [0.2, 0.25) is 0 Å². The Bertz CT molecular complexity index is 608. The molecule has 0 saturated heterocycles. The summed E-state index contributed by atoms with van der Waals surface area (Å²) >= 11 is 10.7. The monoisotopic (exact) mass is 475 g/mol. The minimum atomic E-state index is 0.176. The number of nitrogens with one attached hydrogen (secondary N) is 1. The van der Waals surface area contributed by atoms with Crippen LogP contribution in [-0.2, 0) is 0 Å². The zero-order valence-corrected chi connectivity index (χ0v) is 16.5. The van der Waals surface area contributed by atoms with Gasteiger partial charge in [0.15, 0.2) is 0 Å². The minimum Gasteiger partial charge on any atom is -0.496 e. The molecule has 112 valence electrons. The Hall–Kier alpha value is -0.520. The summed E-state index contributed by atoms with van der Waals surface area (Å²) in [4.78, 5) is 0. The molecule has 0 bridgehead atoms. The van der Waals surface area contributed by atoms with E-state index in [0.717, 1.165) is 36.8 Å². The lowest BCUT2D eigenvalue weighted by Crippen LogP contribution is -2.11. The number of rotatable bonds is 5. The van der Waals surface area contributed by atoms with Crippen molar-refractivity contribution in [2.45, 2.75) is 19.4 Å². The fraction of sp³-hybridized carbons (Fsp3) is 0.250. The summed E-state index contributed by atoms with van der Waals surface area (Å²) in [6.45, 7) is 2.16. The highest BCUT2D eigenvalue weighted by molar-refractivity contribution is 9.11. The normalized spacial score (nSPS) is 12.0. The van der Waals surface area contributed by atoms with Gasteiger partial charge in [-0.2, -0.15) is 0 Å². The van der Waals surface area contributed by atoms with Gasteiger partial charge < -0.3 is 10.1 Å². The van der Waals surface area contributed by atoms with E-state index in [1.165, 1.54) is 0 Å². The summed E-state index contributed by atoms with van der Waals surface area (Å²) in [5, 5.41) is 3.59. The van der Waals surface area contributed by atoms with E-state index in [1.807, 2.05) is 30.3 Å². The van der Waals surface area contributed by atoms with Crippen LogP contribution in [0, 0.1) is 0 Å². The lowest BCUT2D eigenvalue weighted by atomic mass is 10.0. The lowest BCUT2D eigenvalue weighted by Gasteiger charge is -2.22. The van der Waals surface area contributed by atoms with Crippen molar-refractivity contribution in [3.05, 3.63) is 55.4 Å². The van der Waals surface area contributed by atoms with Crippen LogP contribution in [0.25, 0.3) is 0 Å². The van der Waals surface area contributed by atoms with Gasteiger partial charge in [0, 0.05) is 19.0 Å². The number of methoxy groups -OCH3 is 1. The van der Waals surface area contributed by atoms with Crippen LogP contribution in [0.4, 0.5) is 5.69 Å². The molecule has 0 spiro atoms. The predicted molar refractivity (Wildman–Crippen MR) is 99.2 cm³/mol. The maximum atomic E-state index is 5.47. The third-order valence-corrected chi connectivity index (χ3v) is 4.96. The van der Waals surface area contributed by atoms with Gasteiger partial charge in [-0.05, 0) is 56.5 Å². The molecule has 2 nitrogen and oxygen atoms in total. The second-order valence-electron chi connectivity index (χ2n) is 4.59. The Morgan fingerprint density at radius 2 is 1.71 bits per heavy atom. The van der Waals surface area contributed by atoms with E-state index < -0.39 is 0 Å². The molecule has 1 unspecified atom stereocenters. The van der Waals surface area contributed by atoms with Crippen LogP contribution in [0.1, 0.15) is 24.9 Å². The third kappa shape index (κ3) is 4.02. The fourth-order valence-electron chi connectivity index (χ4n) is 2.21. The van der Waals surface area contributed by atoms with E-state index in [2.05, 4.69) is 66.1 Å². The largest absolute Gasteiger partial charge is 0.496 e. The lowest BCUT2D eigenvalue weighted by molar-refractivity contribution is 0.406. The van der Waals surface area contributed by atoms with Gasteiger partial charge in [-0.1, -0.05) is 41.1 Å². The molecule has 0 aliphatic rings. The van der Waals surface area contributed by atoms with E-state index in [4.69, 9.17) is 4.74 Å². The summed E-state index contributed by atoms with van der Waals surface area (Å²) in [6, 6.07) is 12.3. The van der Waals surface area contributed by atoms with E-state index in [0.29, 0.717) is 0 Å². The van der Waals surface area contributed by atoms with Crippen LogP contribution >= 0.6 is 47.8 Å². The second-order valence-corrected chi connectivity index (χ2v) is 7.22. The van der Waals surface area contributed by atoms with Crippen LogP contribution in [0.2, 0.25) is 0 Å². The average Bonchev–Trinajstić information content (AvgIpc) is 2.46. The highest BCUT2D eigenvalue weighted by Gasteiger charge is 2.16. The van der Waals surface area contributed by atoms with Crippen LogP contribution in [0.3, 0.4) is 0 Å². The first kappa shape index (κ1) is 16.8. The zero-order chi connectivity index (χ0) is 15.4. The summed E-state index contributed by atoms with van der Waals surface area (Å²) in [5.74, 6) is 0.904. The van der Waals surface area contributed by atoms with Gasteiger partial charge in [-0.3, -0.25) is 0 Å². The Balaban J connectivity index is 2.36. The van der Waals surface area contributed by atoms with E-state index >= 15 is 0 Å². The Morgan fingerprint density at radius 1 is 1.10 bits per heavy atom. The number of para-hydroxylation sites is 1. The van der Waals surface area contributed by atoms with Gasteiger partial charge in [-0.25, -0.2) is 0 Å². The van der Waals surface area contributed by atoms with Gasteiger partial charge in [0.25, 0.3) is 0 Å². The van der Waals surface area contributed by atoms with E-state index in [-0.39, 0.29) is 6.04 Å². The zero-order valence-electron chi connectivity index (χ0n) is 11.8. The van der Waals surface area contributed by atoms with Crippen molar-refractivity contribution in [1.29, 1.82) is 0 Å². The first-order chi connectivity index (χ1) is 10.1. The first-order valence-electron chi connectivity index (χ1n) is 6.60. The maximum Gasteiger partial charge on any atom is 0.124 e. The number of hydrogen-bond donors (Lipinski definition) is 1. The van der Waals surface area contributed by atoms with Crippen molar-refractivity contribution in [3.8, 4) is 5.75 Å². The molecule has 0 aliphatic carbocycles. The number of benzene rings is 2. The topological polar surface area (TPSA) is 21.3 Å². The Kier molecular flexibility index (Phi) is 6.14. The van der Waals surface area contributed by atoms with Gasteiger partial charge in [0.1, 0.15) is 5.75 Å². The highest BCUT2D eigenvalue weighted by atomic mass is 79.9. The second kappa shape index (κ2) is 7.65. The molecular weight excluding hydrogens is 462 g/mol. The standard InChI is InChI=1S/C16H16Br3NO/c1-3-14(11-6-4-5-7-15(11)21-2)20-16-12(18)8-10(17)9-13(16)19/h4-9,14,20H,3H2,1-2H3. The summed E-state index contributed by atoms with van der Waals surface area (Å²) in [5.41, 5.74) is 2.19. The van der Waals surface area contributed by atoms with Crippen molar-refractivity contribution >= 4 is 53.5 Å². The molecule has 1 atom stereocenters. The van der Waals surface area contributed by atoms with E-state index in [9.17, 15) is 0 Å². The first-order valence-corrected chi connectivity index (χ1v) is 8.98. The summed E-state index contributed by atoms with van der Waals surface area (Å²) < 4.78 is 8.52. The van der Waals surface area contributed by atoms with Gasteiger partial charge in [-0.15, -0.1) is 0 Å². The van der Waals surface area contributed by atoms with Crippen molar-refractivity contribution in [1.82, 2.24) is 0 Å². The number of anilines is 1. The molecule has 0 aliphatic heterocycles. The molecule has 0 radical (unpaired) electrons. The van der Waals surface area contributed by atoms with Crippen LogP contribution < -0.4 is 10.1 Å². The molecule has 0 saturated carbocycles. The number of hydrogen-bond acceptors (Lipinski definition) is 2. The fourth-order valence-corrected chi connectivity index (χ4v) is 4.70. The molecular formula is C16H16Br3NO. The molecule has 2 rings (SSSR count). The summed E-state index contributed by atoms with van der Waals surface area (Å²) in [6.07, 6.45) is 0.954. The van der Waals surface area contributed by atoms with Crippen molar-refractivity contribution in [3.63, 3.8) is 0 Å². The highest BCUT2D eigenvalue weighted by Crippen LogP contribution is 2.38. The van der Waals surface area contributed by atoms with Crippen LogP contribution in [0.5, 0.6) is 5.75 Å². The molecule has 0 aromatic heterocycles. The predicted octanol–water partition coefficient (Wildman–Crippen LogP) is 6.55. The smallest absolute Gasteiger partial charge is 0.124 e. The number of halogens is 3. The maximum absolute atomic E-state index is 5.47. The van der Waals surface area contributed by atoms with Crippen molar-refractivity contribution in [2.24, 2.45) is 0 Å². The van der Waals surface area contributed by atoms with Gasteiger partial charge in [0.05, 0.1) is 18.8 Å². The molecule has 0 fully saturated rings. The number of ether oxygens (including phenoxy) is 1. The van der Waals surface area contributed by atoms with Crippen molar-refractivity contribution < 1.29 is 4.74 Å². The SMILES string of the molecule is CCC(Nc1c(Br)cc(Br)cc1Br)c1ccccc1OC. The Labute approximate surface area is 150 Å². The molecule has 2 aromatic carbocycles. The van der Waals surface area contributed by atoms with Crippen molar-refractivity contribution in [2.75, 3.05) is 12.4 Å². The quantitative estimate of drug-likeness (QED) is 0.527. The third-order valence-electron chi connectivity index (χ3n) is 3.25. The van der Waals surface area contributed by atoms with E-state index in [1.54, 1.807) is 7.11 Å². The molecule has 0 heterocycles. The molecule has 2 aromatic rings. The van der Waals surface area contributed by atoms with Crippen LogP contribution in [-0.4, -0.2) is 7.11 Å². The average molecular weight is 478 g/mol. The molecule has 21 heavy (non-hydrogen) atoms. The molecule has 0 amide bonds. The van der Waals surface area contributed by atoms with Crippen LogP contribution in [0.15, 0.2) is 49.8 Å². The Morgan fingerprint density at radius 3 is 2.29 bits per heavy atom.